The molecule has 0 bridgehead atoms. The largest absolute Gasteiger partial charge is 0.380 e. The normalized spacial score (nSPS) is 26.4. The zero-order chi connectivity index (χ0) is 11.1. The maximum atomic E-state index is 5.52. The van der Waals surface area contributed by atoms with Gasteiger partial charge in [0.05, 0.1) is 12.7 Å². The van der Waals surface area contributed by atoms with Gasteiger partial charge in [0.1, 0.15) is 0 Å². The predicted octanol–water partition coefficient (Wildman–Crippen LogP) is 1.82. The third kappa shape index (κ3) is 4.96. The van der Waals surface area contributed by atoms with Gasteiger partial charge in [0, 0.05) is 26.3 Å². The predicted molar refractivity (Wildman–Crippen MR) is 62.1 cm³/mol. The van der Waals surface area contributed by atoms with Crippen LogP contribution in [0.25, 0.3) is 0 Å². The number of nitrogens with one attached hydrogen (secondary N) is 1. The first-order chi connectivity index (χ1) is 7.24. The van der Waals surface area contributed by atoms with Crippen LogP contribution in [0.4, 0.5) is 0 Å². The second-order valence-corrected chi connectivity index (χ2v) is 4.73. The van der Waals surface area contributed by atoms with Crippen molar-refractivity contribution in [3.63, 3.8) is 0 Å². The van der Waals surface area contributed by atoms with Gasteiger partial charge in [-0.1, -0.05) is 13.8 Å². The van der Waals surface area contributed by atoms with Gasteiger partial charge in [-0.2, -0.15) is 0 Å². The molecule has 15 heavy (non-hydrogen) atoms. The maximum absolute atomic E-state index is 5.52. The van der Waals surface area contributed by atoms with Crippen LogP contribution in [0.1, 0.15) is 33.1 Å². The van der Waals surface area contributed by atoms with E-state index in [0.29, 0.717) is 18.1 Å². The smallest absolute Gasteiger partial charge is 0.0724 e. The van der Waals surface area contributed by atoms with E-state index in [4.69, 9.17) is 9.47 Å². The summed E-state index contributed by atoms with van der Waals surface area (Å²) in [5.74, 6) is 0.628. The topological polar surface area (TPSA) is 30.5 Å². The van der Waals surface area contributed by atoms with Gasteiger partial charge >= 0.3 is 0 Å². The van der Waals surface area contributed by atoms with Crippen LogP contribution in [0.15, 0.2) is 0 Å². The van der Waals surface area contributed by atoms with Crippen LogP contribution in [-0.2, 0) is 9.47 Å². The van der Waals surface area contributed by atoms with Crippen LogP contribution < -0.4 is 5.32 Å². The van der Waals surface area contributed by atoms with Crippen molar-refractivity contribution < 1.29 is 9.47 Å². The molecule has 0 amide bonds. The Bertz CT molecular complexity index is 162. The quantitative estimate of drug-likeness (QED) is 0.657. The summed E-state index contributed by atoms with van der Waals surface area (Å²) >= 11 is 0. The SMILES string of the molecule is COC1CCCC1NCCOCC(C)C. The van der Waals surface area contributed by atoms with Gasteiger partial charge in [-0.25, -0.2) is 0 Å². The molecule has 0 heterocycles. The van der Waals surface area contributed by atoms with Crippen molar-refractivity contribution in [3.8, 4) is 0 Å². The van der Waals surface area contributed by atoms with Gasteiger partial charge in [0.15, 0.2) is 0 Å². The molecule has 2 atom stereocenters. The van der Waals surface area contributed by atoms with Crippen LogP contribution in [0.3, 0.4) is 0 Å². The third-order valence-electron chi connectivity index (χ3n) is 2.86. The molecule has 1 rings (SSSR count). The van der Waals surface area contributed by atoms with E-state index in [-0.39, 0.29) is 0 Å². The summed E-state index contributed by atoms with van der Waals surface area (Å²) in [6.07, 6.45) is 4.13. The summed E-state index contributed by atoms with van der Waals surface area (Å²) in [5.41, 5.74) is 0. The molecule has 0 aromatic heterocycles. The molecule has 3 nitrogen and oxygen atoms in total. The first kappa shape index (κ1) is 12.9. The first-order valence-corrected chi connectivity index (χ1v) is 6.08. The Morgan fingerprint density at radius 1 is 1.33 bits per heavy atom. The molecule has 0 aromatic rings. The average molecular weight is 215 g/mol. The summed E-state index contributed by atoms with van der Waals surface area (Å²) in [7, 11) is 1.81. The molecule has 1 saturated carbocycles. The Hall–Kier alpha value is -0.120. The van der Waals surface area contributed by atoms with E-state index in [1.165, 1.54) is 19.3 Å². The monoisotopic (exact) mass is 215 g/mol. The number of methoxy groups -OCH3 is 1. The molecule has 0 aliphatic heterocycles. The minimum absolute atomic E-state index is 0.412. The highest BCUT2D eigenvalue weighted by Crippen LogP contribution is 2.21. The lowest BCUT2D eigenvalue weighted by Crippen LogP contribution is -2.38. The highest BCUT2D eigenvalue weighted by Gasteiger charge is 2.25. The zero-order valence-electron chi connectivity index (χ0n) is 10.3. The van der Waals surface area contributed by atoms with Crippen molar-refractivity contribution in [2.75, 3.05) is 26.9 Å². The van der Waals surface area contributed by atoms with Crippen molar-refractivity contribution in [2.24, 2.45) is 5.92 Å². The van der Waals surface area contributed by atoms with E-state index >= 15 is 0 Å². The van der Waals surface area contributed by atoms with Crippen LogP contribution in [0.2, 0.25) is 0 Å². The molecule has 1 fully saturated rings. The Kier molecular flexibility index (Phi) is 6.22. The molecule has 90 valence electrons. The van der Waals surface area contributed by atoms with Crippen LogP contribution in [0.5, 0.6) is 0 Å². The molecule has 3 heteroatoms. The van der Waals surface area contributed by atoms with Crippen LogP contribution in [0, 0.1) is 5.92 Å². The molecule has 1 aliphatic rings. The van der Waals surface area contributed by atoms with Gasteiger partial charge in [-0.3, -0.25) is 0 Å². The lowest BCUT2D eigenvalue weighted by Gasteiger charge is -2.19. The third-order valence-corrected chi connectivity index (χ3v) is 2.86. The van der Waals surface area contributed by atoms with Crippen LogP contribution in [-0.4, -0.2) is 39.0 Å². The van der Waals surface area contributed by atoms with Crippen molar-refractivity contribution in [2.45, 2.75) is 45.3 Å². The van der Waals surface area contributed by atoms with E-state index < -0.39 is 0 Å². The lowest BCUT2D eigenvalue weighted by molar-refractivity contribution is 0.0749. The van der Waals surface area contributed by atoms with Crippen molar-refractivity contribution in [1.82, 2.24) is 5.32 Å². The van der Waals surface area contributed by atoms with Gasteiger partial charge in [0.25, 0.3) is 0 Å². The molecule has 0 spiro atoms. The highest BCUT2D eigenvalue weighted by atomic mass is 16.5. The second kappa shape index (κ2) is 7.20. The first-order valence-electron chi connectivity index (χ1n) is 6.08. The number of rotatable bonds is 7. The van der Waals surface area contributed by atoms with E-state index in [1.807, 2.05) is 0 Å². The van der Waals surface area contributed by atoms with Gasteiger partial charge in [-0.15, -0.1) is 0 Å². The van der Waals surface area contributed by atoms with Gasteiger partial charge < -0.3 is 14.8 Å². The number of hydrogen-bond acceptors (Lipinski definition) is 3. The fraction of sp³-hybridized carbons (Fsp3) is 1.00. The van der Waals surface area contributed by atoms with Crippen molar-refractivity contribution in [1.29, 1.82) is 0 Å². The number of hydrogen-bond donors (Lipinski definition) is 1. The molecule has 0 saturated heterocycles. The molecular weight excluding hydrogens is 190 g/mol. The minimum atomic E-state index is 0.412. The molecule has 0 radical (unpaired) electrons. The molecular formula is C12H25NO2. The standard InChI is InChI=1S/C12H25NO2/c1-10(2)9-15-8-7-13-11-5-4-6-12(11)14-3/h10-13H,4-9H2,1-3H3. The Morgan fingerprint density at radius 2 is 2.13 bits per heavy atom. The summed E-state index contributed by atoms with van der Waals surface area (Å²) in [6.45, 7) is 6.96. The highest BCUT2D eigenvalue weighted by molar-refractivity contribution is 4.83. The van der Waals surface area contributed by atoms with Crippen molar-refractivity contribution >= 4 is 0 Å². The van der Waals surface area contributed by atoms with Crippen LogP contribution >= 0.6 is 0 Å². The summed E-state index contributed by atoms with van der Waals surface area (Å²) in [5, 5.41) is 3.51. The van der Waals surface area contributed by atoms with E-state index in [1.54, 1.807) is 7.11 Å². The zero-order valence-corrected chi connectivity index (χ0v) is 10.3. The van der Waals surface area contributed by atoms with Gasteiger partial charge in [0.2, 0.25) is 0 Å². The van der Waals surface area contributed by atoms with E-state index in [0.717, 1.165) is 19.8 Å². The molecule has 0 aromatic carbocycles. The summed E-state index contributed by atoms with van der Waals surface area (Å²) in [6, 6.07) is 0.539. The molecule has 2 unspecified atom stereocenters. The van der Waals surface area contributed by atoms with E-state index in [2.05, 4.69) is 19.2 Å². The average Bonchev–Trinajstić information content (AvgIpc) is 2.64. The van der Waals surface area contributed by atoms with E-state index in [9.17, 15) is 0 Å². The lowest BCUT2D eigenvalue weighted by atomic mass is 10.2. The molecule has 1 N–H and O–H groups in total. The Morgan fingerprint density at radius 3 is 2.80 bits per heavy atom. The fourth-order valence-corrected chi connectivity index (χ4v) is 2.08. The molecule has 1 aliphatic carbocycles. The van der Waals surface area contributed by atoms with Crippen molar-refractivity contribution in [3.05, 3.63) is 0 Å². The Labute approximate surface area is 93.5 Å². The summed E-state index contributed by atoms with van der Waals surface area (Å²) < 4.78 is 10.9. The minimum Gasteiger partial charge on any atom is -0.380 e. The summed E-state index contributed by atoms with van der Waals surface area (Å²) in [4.78, 5) is 0. The maximum Gasteiger partial charge on any atom is 0.0724 e. The van der Waals surface area contributed by atoms with Gasteiger partial charge in [-0.05, 0) is 25.2 Å². The fourth-order valence-electron chi connectivity index (χ4n) is 2.08. The Balaban J connectivity index is 1.99. The second-order valence-electron chi connectivity index (χ2n) is 4.73. The number of ether oxygens (including phenoxy) is 2.